The molecule has 2 rings (SSSR count). The quantitative estimate of drug-likeness (QED) is 0.933. The lowest BCUT2D eigenvalue weighted by atomic mass is 9.79. The number of nitrogens with one attached hydrogen (secondary N) is 1. The molecule has 21 heavy (non-hydrogen) atoms. The van der Waals surface area contributed by atoms with Gasteiger partial charge in [-0.2, -0.15) is 9.98 Å². The van der Waals surface area contributed by atoms with Crippen LogP contribution in [0.5, 0.6) is 0 Å². The van der Waals surface area contributed by atoms with Crippen LogP contribution >= 0.6 is 0 Å². The number of rotatable bonds is 3. The van der Waals surface area contributed by atoms with Crippen LogP contribution in [0.25, 0.3) is 0 Å². The third-order valence-electron chi connectivity index (χ3n) is 4.30. The first kappa shape index (κ1) is 16.0. The predicted molar refractivity (Wildman–Crippen MR) is 82.2 cm³/mol. The molecule has 0 heterocycles. The summed E-state index contributed by atoms with van der Waals surface area (Å²) in [6.45, 7) is 5.78. The minimum atomic E-state index is -3.67. The molecule has 0 bridgehead atoms. The van der Waals surface area contributed by atoms with Gasteiger partial charge in [-0.25, -0.2) is 8.42 Å². The van der Waals surface area contributed by atoms with E-state index in [1.165, 1.54) is 0 Å². The van der Waals surface area contributed by atoms with E-state index in [1.807, 2.05) is 13.0 Å². The number of benzene rings is 1. The van der Waals surface area contributed by atoms with Gasteiger partial charge in [0.25, 0.3) is 0 Å². The van der Waals surface area contributed by atoms with E-state index in [-0.39, 0.29) is 4.90 Å². The number of aryl methyl sites for hydroxylation is 2. The monoisotopic (exact) mass is 306 g/mol. The largest absolute Gasteiger partial charge is 0.242 e. The molecule has 0 radical (unpaired) electrons. The molecule has 0 aromatic heterocycles. The molecule has 1 aliphatic carbocycles. The molecule has 1 saturated carbocycles. The first-order valence-corrected chi connectivity index (χ1v) is 8.79. The van der Waals surface area contributed by atoms with E-state index in [0.29, 0.717) is 24.3 Å². The smallest absolute Gasteiger partial charge is 0.207 e. The maximum absolute atomic E-state index is 12.7. The molecule has 0 amide bonds. The van der Waals surface area contributed by atoms with Crippen LogP contribution in [0.4, 0.5) is 0 Å². The standard InChI is InChI=1S/C16H22N2O2S/c1-12-6-8-16(11-17,9-7-12)18-21(19,20)15-10-13(2)4-5-14(15)3/h4-5,10,12,18H,6-9H2,1-3H3. The Balaban J connectivity index is 2.32. The average Bonchev–Trinajstić information content (AvgIpc) is 2.44. The van der Waals surface area contributed by atoms with Crippen LogP contribution in [0.15, 0.2) is 23.1 Å². The van der Waals surface area contributed by atoms with Gasteiger partial charge >= 0.3 is 0 Å². The highest BCUT2D eigenvalue weighted by Gasteiger charge is 2.38. The van der Waals surface area contributed by atoms with Crippen molar-refractivity contribution in [3.8, 4) is 6.07 Å². The highest BCUT2D eigenvalue weighted by Crippen LogP contribution is 2.33. The van der Waals surface area contributed by atoms with Gasteiger partial charge in [0.1, 0.15) is 5.54 Å². The first-order chi connectivity index (χ1) is 9.78. The van der Waals surface area contributed by atoms with Crippen LogP contribution in [0.2, 0.25) is 0 Å². The fourth-order valence-electron chi connectivity index (χ4n) is 2.80. The molecule has 1 aliphatic rings. The third kappa shape index (κ3) is 3.45. The molecule has 0 atom stereocenters. The molecule has 1 N–H and O–H groups in total. The number of nitriles is 1. The lowest BCUT2D eigenvalue weighted by molar-refractivity contribution is 0.278. The van der Waals surface area contributed by atoms with Crippen molar-refractivity contribution in [1.29, 1.82) is 5.26 Å². The van der Waals surface area contributed by atoms with Gasteiger partial charge in [-0.1, -0.05) is 19.1 Å². The minimum absolute atomic E-state index is 0.274. The zero-order valence-electron chi connectivity index (χ0n) is 12.8. The fourth-order valence-corrected chi connectivity index (χ4v) is 4.51. The van der Waals surface area contributed by atoms with E-state index >= 15 is 0 Å². The van der Waals surface area contributed by atoms with Crippen molar-refractivity contribution < 1.29 is 8.42 Å². The van der Waals surface area contributed by atoms with E-state index in [1.54, 1.807) is 19.1 Å². The Morgan fingerprint density at radius 1 is 1.29 bits per heavy atom. The van der Waals surface area contributed by atoms with Crippen molar-refractivity contribution in [3.63, 3.8) is 0 Å². The minimum Gasteiger partial charge on any atom is -0.207 e. The van der Waals surface area contributed by atoms with Gasteiger partial charge < -0.3 is 0 Å². The molecule has 0 saturated heterocycles. The predicted octanol–water partition coefficient (Wildman–Crippen LogP) is 3.05. The summed E-state index contributed by atoms with van der Waals surface area (Å²) in [5.74, 6) is 0.552. The summed E-state index contributed by atoms with van der Waals surface area (Å²) in [6, 6.07) is 7.55. The summed E-state index contributed by atoms with van der Waals surface area (Å²) < 4.78 is 28.0. The van der Waals surface area contributed by atoms with Gasteiger partial charge in [-0.05, 0) is 62.6 Å². The summed E-state index contributed by atoms with van der Waals surface area (Å²) in [6.07, 6.45) is 2.91. The Kier molecular flexibility index (Phi) is 4.40. The van der Waals surface area contributed by atoms with Crippen molar-refractivity contribution >= 4 is 10.0 Å². The second-order valence-corrected chi connectivity index (χ2v) is 7.90. The Bertz CT molecular complexity index is 666. The van der Waals surface area contributed by atoms with Crippen molar-refractivity contribution in [3.05, 3.63) is 29.3 Å². The van der Waals surface area contributed by atoms with Crippen LogP contribution < -0.4 is 4.72 Å². The molecule has 1 aromatic rings. The summed E-state index contributed by atoms with van der Waals surface area (Å²) in [7, 11) is -3.67. The van der Waals surface area contributed by atoms with Crippen LogP contribution in [0.1, 0.15) is 43.7 Å². The molecule has 5 heteroatoms. The molecule has 1 aromatic carbocycles. The molecule has 1 fully saturated rings. The van der Waals surface area contributed by atoms with E-state index in [2.05, 4.69) is 17.7 Å². The molecule has 0 spiro atoms. The maximum Gasteiger partial charge on any atom is 0.242 e. The Morgan fingerprint density at radius 3 is 2.48 bits per heavy atom. The molecular weight excluding hydrogens is 284 g/mol. The second kappa shape index (κ2) is 5.78. The highest BCUT2D eigenvalue weighted by atomic mass is 32.2. The van der Waals surface area contributed by atoms with E-state index in [9.17, 15) is 13.7 Å². The molecule has 0 aliphatic heterocycles. The first-order valence-electron chi connectivity index (χ1n) is 7.30. The zero-order valence-corrected chi connectivity index (χ0v) is 13.6. The van der Waals surface area contributed by atoms with Crippen molar-refractivity contribution in [2.45, 2.75) is 56.9 Å². The fraction of sp³-hybridized carbons (Fsp3) is 0.562. The maximum atomic E-state index is 12.7. The van der Waals surface area contributed by atoms with Crippen molar-refractivity contribution in [2.24, 2.45) is 5.92 Å². The Morgan fingerprint density at radius 2 is 1.90 bits per heavy atom. The summed E-state index contributed by atoms with van der Waals surface area (Å²) >= 11 is 0. The second-order valence-electron chi connectivity index (χ2n) is 6.25. The van der Waals surface area contributed by atoms with E-state index in [4.69, 9.17) is 0 Å². The zero-order chi connectivity index (χ0) is 15.7. The number of nitrogens with zero attached hydrogens (tertiary/aromatic N) is 1. The van der Waals surface area contributed by atoms with Gasteiger partial charge in [0.15, 0.2) is 0 Å². The van der Waals surface area contributed by atoms with Gasteiger partial charge in [0.05, 0.1) is 11.0 Å². The molecule has 4 nitrogen and oxygen atoms in total. The van der Waals surface area contributed by atoms with Crippen LogP contribution in [-0.4, -0.2) is 14.0 Å². The Hall–Kier alpha value is -1.38. The molecule has 114 valence electrons. The van der Waals surface area contributed by atoms with E-state index < -0.39 is 15.6 Å². The lowest BCUT2D eigenvalue weighted by Crippen LogP contribution is -2.49. The van der Waals surface area contributed by atoms with Crippen molar-refractivity contribution in [2.75, 3.05) is 0 Å². The van der Waals surface area contributed by atoms with Crippen LogP contribution in [0, 0.1) is 31.1 Å². The van der Waals surface area contributed by atoms with Gasteiger partial charge in [-0.15, -0.1) is 0 Å². The van der Waals surface area contributed by atoms with Gasteiger partial charge in [0, 0.05) is 0 Å². The summed E-state index contributed by atoms with van der Waals surface area (Å²) in [4.78, 5) is 0.274. The average molecular weight is 306 g/mol. The summed E-state index contributed by atoms with van der Waals surface area (Å²) in [5, 5.41) is 9.48. The number of hydrogen-bond acceptors (Lipinski definition) is 3. The Labute approximate surface area is 127 Å². The topological polar surface area (TPSA) is 70.0 Å². The van der Waals surface area contributed by atoms with Crippen LogP contribution in [0.3, 0.4) is 0 Å². The highest BCUT2D eigenvalue weighted by molar-refractivity contribution is 7.89. The number of sulfonamides is 1. The molecular formula is C16H22N2O2S. The SMILES string of the molecule is Cc1ccc(C)c(S(=O)(=O)NC2(C#N)CCC(C)CC2)c1. The normalized spacial score (nSPS) is 26.3. The third-order valence-corrected chi connectivity index (χ3v) is 5.98. The molecule has 0 unspecified atom stereocenters. The summed E-state index contributed by atoms with van der Waals surface area (Å²) in [5.41, 5.74) is 0.635. The van der Waals surface area contributed by atoms with Gasteiger partial charge in [-0.3, -0.25) is 0 Å². The number of hydrogen-bond donors (Lipinski definition) is 1. The van der Waals surface area contributed by atoms with Crippen molar-refractivity contribution in [1.82, 2.24) is 4.72 Å². The van der Waals surface area contributed by atoms with Gasteiger partial charge in [0.2, 0.25) is 10.0 Å². The lowest BCUT2D eigenvalue weighted by Gasteiger charge is -2.34. The van der Waals surface area contributed by atoms with Crippen LogP contribution in [-0.2, 0) is 10.0 Å². The van der Waals surface area contributed by atoms with E-state index in [0.717, 1.165) is 18.4 Å².